The van der Waals surface area contributed by atoms with Gasteiger partial charge in [0.1, 0.15) is 0 Å². The zero-order valence-electron chi connectivity index (χ0n) is 15.2. The Morgan fingerprint density at radius 2 is 1.92 bits per heavy atom. The Bertz CT molecular complexity index is 692. The highest BCUT2D eigenvalue weighted by atomic mass is 32.2. The molecule has 1 saturated heterocycles. The zero-order valence-corrected chi connectivity index (χ0v) is 16.0. The van der Waals surface area contributed by atoms with Gasteiger partial charge < -0.3 is 10.1 Å². The maximum absolute atomic E-state index is 9.24. The van der Waals surface area contributed by atoms with Gasteiger partial charge in [0.05, 0.1) is 17.6 Å². The van der Waals surface area contributed by atoms with Crippen LogP contribution in [-0.2, 0) is 6.61 Å². The summed E-state index contributed by atoms with van der Waals surface area (Å²) in [4.78, 5) is 10.7. The Balaban J connectivity index is 1.65. The molecule has 2 N–H and O–H groups in total. The zero-order chi connectivity index (χ0) is 17.4. The fourth-order valence-electron chi connectivity index (χ4n) is 4.08. The summed E-state index contributed by atoms with van der Waals surface area (Å²) in [5.41, 5.74) is 3.41. The molecule has 0 unspecified atom stereocenters. The lowest BCUT2D eigenvalue weighted by atomic mass is 9.80. The van der Waals surface area contributed by atoms with Crippen LogP contribution in [0.4, 0.5) is 0 Å². The van der Waals surface area contributed by atoms with Crippen molar-refractivity contribution in [3.63, 3.8) is 0 Å². The predicted molar refractivity (Wildman–Crippen MR) is 101 cm³/mol. The average molecular weight is 348 g/mol. The van der Waals surface area contributed by atoms with Gasteiger partial charge in [0.2, 0.25) is 0 Å². The Morgan fingerprint density at radius 3 is 2.58 bits per heavy atom. The average Bonchev–Trinajstić information content (AvgIpc) is 2.91. The molecule has 1 aliphatic heterocycles. The van der Waals surface area contributed by atoms with E-state index in [0.29, 0.717) is 0 Å². The molecule has 132 valence electrons. The molecule has 0 amide bonds. The van der Waals surface area contributed by atoms with E-state index in [9.17, 15) is 5.11 Å². The molecule has 0 saturated carbocycles. The molecule has 0 atom stereocenters. The van der Waals surface area contributed by atoms with Crippen molar-refractivity contribution in [1.82, 2.24) is 14.9 Å². The van der Waals surface area contributed by atoms with Crippen molar-refractivity contribution in [2.24, 2.45) is 0 Å². The summed E-state index contributed by atoms with van der Waals surface area (Å²) in [7, 11) is 0. The summed E-state index contributed by atoms with van der Waals surface area (Å²) < 4.78 is 0. The standard InChI is InChI=1S/C19H29N3OS/c1-18(2)8-5-9-19(3,4)22(18)10-11-24-17-20-15-7-6-14(13-23)12-16(15)21-17/h6-7,12,23H,5,8-11,13H2,1-4H3,(H,20,21). The number of aromatic nitrogens is 2. The van der Waals surface area contributed by atoms with Crippen molar-refractivity contribution in [3.8, 4) is 0 Å². The highest BCUT2D eigenvalue weighted by molar-refractivity contribution is 7.99. The fraction of sp³-hybridized carbons (Fsp3) is 0.632. The summed E-state index contributed by atoms with van der Waals surface area (Å²) in [6.07, 6.45) is 3.87. The van der Waals surface area contributed by atoms with Crippen LogP contribution in [0.25, 0.3) is 11.0 Å². The monoisotopic (exact) mass is 347 g/mol. The second-order valence-corrected chi connectivity index (χ2v) is 9.11. The minimum Gasteiger partial charge on any atom is -0.392 e. The smallest absolute Gasteiger partial charge is 0.166 e. The minimum atomic E-state index is 0.0599. The van der Waals surface area contributed by atoms with Crippen LogP contribution >= 0.6 is 11.8 Å². The number of benzene rings is 1. The van der Waals surface area contributed by atoms with Crippen LogP contribution in [0.1, 0.15) is 52.5 Å². The third-order valence-electron chi connectivity index (χ3n) is 5.30. The number of aliphatic hydroxyl groups is 1. The van der Waals surface area contributed by atoms with E-state index in [1.54, 1.807) is 11.8 Å². The highest BCUT2D eigenvalue weighted by Crippen LogP contribution is 2.38. The minimum absolute atomic E-state index is 0.0599. The number of hydrogen-bond acceptors (Lipinski definition) is 4. The molecule has 0 radical (unpaired) electrons. The van der Waals surface area contributed by atoms with Crippen molar-refractivity contribution >= 4 is 22.8 Å². The second kappa shape index (κ2) is 6.70. The number of piperidine rings is 1. The summed E-state index contributed by atoms with van der Waals surface area (Å²) in [6, 6.07) is 5.88. The number of imidazole rings is 1. The number of thioether (sulfide) groups is 1. The van der Waals surface area contributed by atoms with Crippen LogP contribution in [0.15, 0.2) is 23.4 Å². The van der Waals surface area contributed by atoms with Crippen LogP contribution in [0, 0.1) is 0 Å². The number of H-pyrrole nitrogens is 1. The van der Waals surface area contributed by atoms with Crippen molar-refractivity contribution in [2.75, 3.05) is 12.3 Å². The summed E-state index contributed by atoms with van der Waals surface area (Å²) >= 11 is 1.78. The summed E-state index contributed by atoms with van der Waals surface area (Å²) in [5.74, 6) is 1.03. The quantitative estimate of drug-likeness (QED) is 0.796. The van der Waals surface area contributed by atoms with Crippen molar-refractivity contribution in [1.29, 1.82) is 0 Å². The normalized spacial score (nSPS) is 20.5. The molecule has 24 heavy (non-hydrogen) atoms. The van der Waals surface area contributed by atoms with Gasteiger partial charge in [-0.1, -0.05) is 17.8 Å². The van der Waals surface area contributed by atoms with Gasteiger partial charge in [-0.2, -0.15) is 0 Å². The molecule has 1 aromatic carbocycles. The van der Waals surface area contributed by atoms with Crippen molar-refractivity contribution < 1.29 is 5.11 Å². The molecular formula is C19H29N3OS. The SMILES string of the molecule is CC1(C)CCCC(C)(C)N1CCSc1nc2cc(CO)ccc2[nH]1. The third-order valence-corrected chi connectivity index (χ3v) is 6.15. The Morgan fingerprint density at radius 1 is 1.21 bits per heavy atom. The number of nitrogens with zero attached hydrogens (tertiary/aromatic N) is 2. The van der Waals surface area contributed by atoms with Crippen LogP contribution in [-0.4, -0.2) is 43.3 Å². The Labute approximate surface area is 149 Å². The van der Waals surface area contributed by atoms with Gasteiger partial charge in [0.15, 0.2) is 5.16 Å². The molecule has 1 aromatic heterocycles. The Hall–Kier alpha value is -1.04. The fourth-order valence-corrected chi connectivity index (χ4v) is 4.89. The molecule has 4 nitrogen and oxygen atoms in total. The topological polar surface area (TPSA) is 52.1 Å². The Kier molecular flexibility index (Phi) is 4.96. The van der Waals surface area contributed by atoms with Gasteiger partial charge >= 0.3 is 0 Å². The van der Waals surface area contributed by atoms with Gasteiger partial charge in [-0.25, -0.2) is 4.98 Å². The van der Waals surface area contributed by atoms with E-state index < -0.39 is 0 Å². The molecule has 3 rings (SSSR count). The number of nitrogens with one attached hydrogen (secondary N) is 1. The van der Waals surface area contributed by atoms with Gasteiger partial charge in [0.25, 0.3) is 0 Å². The van der Waals surface area contributed by atoms with Gasteiger partial charge in [-0.15, -0.1) is 0 Å². The van der Waals surface area contributed by atoms with Crippen LogP contribution in [0.3, 0.4) is 0 Å². The maximum atomic E-state index is 9.24. The summed E-state index contributed by atoms with van der Waals surface area (Å²) in [5, 5.41) is 10.2. The van der Waals surface area contributed by atoms with E-state index in [4.69, 9.17) is 0 Å². The van der Waals surface area contributed by atoms with Crippen LogP contribution in [0.2, 0.25) is 0 Å². The molecule has 0 aliphatic carbocycles. The maximum Gasteiger partial charge on any atom is 0.166 e. The number of fused-ring (bicyclic) bond motifs is 1. The number of rotatable bonds is 5. The number of aromatic amines is 1. The van der Waals surface area contributed by atoms with Gasteiger partial charge in [0, 0.05) is 23.4 Å². The second-order valence-electron chi connectivity index (χ2n) is 8.03. The third kappa shape index (κ3) is 3.63. The first-order valence-electron chi connectivity index (χ1n) is 8.82. The highest BCUT2D eigenvalue weighted by Gasteiger charge is 2.40. The molecule has 2 aromatic rings. The van der Waals surface area contributed by atoms with Crippen molar-refractivity contribution in [2.45, 2.75) is 69.8 Å². The van der Waals surface area contributed by atoms with E-state index in [1.165, 1.54) is 19.3 Å². The first-order chi connectivity index (χ1) is 11.3. The van der Waals surface area contributed by atoms with Gasteiger partial charge in [-0.3, -0.25) is 4.90 Å². The number of hydrogen-bond donors (Lipinski definition) is 2. The lowest BCUT2D eigenvalue weighted by Gasteiger charge is -2.53. The van der Waals surface area contributed by atoms with E-state index in [2.05, 4.69) is 42.6 Å². The van der Waals surface area contributed by atoms with E-state index in [0.717, 1.165) is 34.1 Å². The molecule has 5 heteroatoms. The first kappa shape index (κ1) is 17.8. The molecule has 1 fully saturated rings. The molecule has 1 aliphatic rings. The summed E-state index contributed by atoms with van der Waals surface area (Å²) in [6.45, 7) is 10.6. The van der Waals surface area contributed by atoms with E-state index in [-0.39, 0.29) is 17.7 Å². The van der Waals surface area contributed by atoms with E-state index in [1.807, 2.05) is 18.2 Å². The number of likely N-dealkylation sites (tertiary alicyclic amines) is 1. The molecular weight excluding hydrogens is 318 g/mol. The lowest BCUT2D eigenvalue weighted by Crippen LogP contribution is -2.59. The molecule has 0 bridgehead atoms. The lowest BCUT2D eigenvalue weighted by molar-refractivity contribution is -0.0209. The number of aliphatic hydroxyl groups excluding tert-OH is 1. The van der Waals surface area contributed by atoms with Crippen LogP contribution < -0.4 is 0 Å². The molecule has 2 heterocycles. The largest absolute Gasteiger partial charge is 0.392 e. The van der Waals surface area contributed by atoms with Crippen LogP contribution in [0.5, 0.6) is 0 Å². The molecule has 0 spiro atoms. The van der Waals surface area contributed by atoms with Crippen molar-refractivity contribution in [3.05, 3.63) is 23.8 Å². The predicted octanol–water partition coefficient (Wildman–Crippen LogP) is 4.19. The first-order valence-corrected chi connectivity index (χ1v) is 9.80. The van der Waals surface area contributed by atoms with Gasteiger partial charge in [-0.05, 0) is 64.7 Å². The van der Waals surface area contributed by atoms with E-state index >= 15 is 0 Å².